The number of halogens is 1. The summed E-state index contributed by atoms with van der Waals surface area (Å²) >= 11 is 0. The van der Waals surface area contributed by atoms with Crippen molar-refractivity contribution in [2.24, 2.45) is 0 Å². The second-order valence-corrected chi connectivity index (χ2v) is 7.01. The van der Waals surface area contributed by atoms with Gasteiger partial charge in [-0.05, 0) is 24.3 Å². The largest absolute Gasteiger partial charge is 0.379 e. The van der Waals surface area contributed by atoms with E-state index in [2.05, 4.69) is 20.4 Å². The molecular formula is C20H22FN5O4. The standard InChI is InChI=1S/C20H22FN5O4/c21-15-3-1-14(2-4-15)17-18-19(30-24-17)20(28)26(13-23-18)7-5-16(27)22-6-8-25-9-11-29-12-10-25/h1-4,13H,5-12H2,(H,22,27). The number of carbonyl (C=O) groups excluding carboxylic acids is 1. The lowest BCUT2D eigenvalue weighted by Gasteiger charge is -2.26. The van der Waals surface area contributed by atoms with Gasteiger partial charge in [-0.25, -0.2) is 9.37 Å². The van der Waals surface area contributed by atoms with Crippen molar-refractivity contribution < 1.29 is 18.4 Å². The average Bonchev–Trinajstić information content (AvgIpc) is 3.19. The smallest absolute Gasteiger partial charge is 0.299 e. The second-order valence-electron chi connectivity index (χ2n) is 7.01. The minimum absolute atomic E-state index is 0.00421. The third-order valence-corrected chi connectivity index (χ3v) is 5.00. The molecule has 0 atom stereocenters. The van der Waals surface area contributed by atoms with E-state index in [-0.39, 0.29) is 30.3 Å². The van der Waals surface area contributed by atoms with E-state index in [0.717, 1.165) is 32.8 Å². The highest BCUT2D eigenvalue weighted by Crippen LogP contribution is 2.24. The Morgan fingerprint density at radius 3 is 2.70 bits per heavy atom. The molecule has 1 saturated heterocycles. The number of benzene rings is 1. The average molecular weight is 415 g/mol. The zero-order valence-electron chi connectivity index (χ0n) is 16.3. The summed E-state index contributed by atoms with van der Waals surface area (Å²) in [5, 5.41) is 6.77. The van der Waals surface area contributed by atoms with Gasteiger partial charge in [0.1, 0.15) is 17.0 Å². The van der Waals surface area contributed by atoms with Crippen LogP contribution in [0.1, 0.15) is 6.42 Å². The summed E-state index contributed by atoms with van der Waals surface area (Å²) in [6, 6.07) is 5.69. The number of hydrogen-bond donors (Lipinski definition) is 1. The first kappa shape index (κ1) is 20.2. The first-order chi connectivity index (χ1) is 14.6. The Morgan fingerprint density at radius 2 is 1.93 bits per heavy atom. The number of rotatable bonds is 7. The second kappa shape index (κ2) is 9.14. The quantitative estimate of drug-likeness (QED) is 0.615. The molecule has 1 N–H and O–H groups in total. The zero-order valence-corrected chi connectivity index (χ0v) is 16.3. The predicted octanol–water partition coefficient (Wildman–Crippen LogP) is 1.03. The third-order valence-electron chi connectivity index (χ3n) is 5.00. The lowest BCUT2D eigenvalue weighted by molar-refractivity contribution is -0.121. The first-order valence-corrected chi connectivity index (χ1v) is 9.79. The molecule has 0 aliphatic carbocycles. The molecular weight excluding hydrogens is 393 g/mol. The summed E-state index contributed by atoms with van der Waals surface area (Å²) < 4.78 is 24.9. The molecule has 30 heavy (non-hydrogen) atoms. The Bertz CT molecular complexity index is 1070. The van der Waals surface area contributed by atoms with Gasteiger partial charge >= 0.3 is 0 Å². The topological polar surface area (TPSA) is 102 Å². The van der Waals surface area contributed by atoms with Crippen molar-refractivity contribution in [3.63, 3.8) is 0 Å². The lowest BCUT2D eigenvalue weighted by Crippen LogP contribution is -2.41. The fourth-order valence-corrected chi connectivity index (χ4v) is 3.30. The number of carbonyl (C=O) groups is 1. The van der Waals surface area contributed by atoms with Crippen LogP contribution in [0.15, 0.2) is 39.9 Å². The van der Waals surface area contributed by atoms with Gasteiger partial charge in [0.15, 0.2) is 0 Å². The van der Waals surface area contributed by atoms with E-state index < -0.39 is 5.56 Å². The van der Waals surface area contributed by atoms with Gasteiger partial charge < -0.3 is 14.6 Å². The molecule has 0 unspecified atom stereocenters. The van der Waals surface area contributed by atoms with E-state index in [0.29, 0.717) is 23.3 Å². The molecule has 1 aromatic carbocycles. The minimum atomic E-state index is -0.415. The van der Waals surface area contributed by atoms with Crippen LogP contribution in [-0.2, 0) is 16.1 Å². The van der Waals surface area contributed by atoms with Crippen LogP contribution in [0, 0.1) is 5.82 Å². The molecule has 4 rings (SSSR count). The van der Waals surface area contributed by atoms with Gasteiger partial charge in [-0.15, -0.1) is 0 Å². The van der Waals surface area contributed by atoms with Crippen molar-refractivity contribution in [2.45, 2.75) is 13.0 Å². The number of ether oxygens (including phenoxy) is 1. The van der Waals surface area contributed by atoms with E-state index in [4.69, 9.17) is 9.26 Å². The van der Waals surface area contributed by atoms with Crippen molar-refractivity contribution >= 4 is 17.0 Å². The number of nitrogens with zero attached hydrogens (tertiary/aromatic N) is 4. The molecule has 10 heteroatoms. The van der Waals surface area contributed by atoms with Gasteiger partial charge in [0.25, 0.3) is 11.1 Å². The number of aryl methyl sites for hydroxylation is 1. The van der Waals surface area contributed by atoms with Crippen LogP contribution in [0.5, 0.6) is 0 Å². The summed E-state index contributed by atoms with van der Waals surface area (Å²) in [6.45, 7) is 4.68. The van der Waals surface area contributed by atoms with Crippen molar-refractivity contribution in [1.29, 1.82) is 0 Å². The highest BCUT2D eigenvalue weighted by molar-refractivity contribution is 5.87. The van der Waals surface area contributed by atoms with Crippen LogP contribution >= 0.6 is 0 Å². The fourth-order valence-electron chi connectivity index (χ4n) is 3.30. The Hall–Kier alpha value is -3.11. The number of nitrogens with one attached hydrogen (secondary N) is 1. The maximum atomic E-state index is 13.1. The number of hydrogen-bond acceptors (Lipinski definition) is 7. The molecule has 3 aromatic rings. The Labute approximate surface area is 171 Å². The monoisotopic (exact) mass is 415 g/mol. The van der Waals surface area contributed by atoms with E-state index in [1.54, 1.807) is 12.1 Å². The van der Waals surface area contributed by atoms with Gasteiger partial charge in [-0.3, -0.25) is 19.1 Å². The van der Waals surface area contributed by atoms with E-state index >= 15 is 0 Å². The highest BCUT2D eigenvalue weighted by atomic mass is 19.1. The van der Waals surface area contributed by atoms with Gasteiger partial charge in [0, 0.05) is 44.7 Å². The normalized spacial score (nSPS) is 14.8. The van der Waals surface area contributed by atoms with E-state index in [1.807, 2.05) is 0 Å². The summed E-state index contributed by atoms with van der Waals surface area (Å²) in [7, 11) is 0. The molecule has 0 spiro atoms. The predicted molar refractivity (Wildman–Crippen MR) is 106 cm³/mol. The maximum Gasteiger partial charge on any atom is 0.299 e. The van der Waals surface area contributed by atoms with Crippen LogP contribution in [0.2, 0.25) is 0 Å². The summed E-state index contributed by atoms with van der Waals surface area (Å²) in [5.41, 5.74) is 0.860. The summed E-state index contributed by atoms with van der Waals surface area (Å²) in [6.07, 6.45) is 1.52. The first-order valence-electron chi connectivity index (χ1n) is 9.79. The molecule has 2 aromatic heterocycles. The number of morpholine rings is 1. The maximum absolute atomic E-state index is 13.1. The molecule has 1 aliphatic heterocycles. The molecule has 0 saturated carbocycles. The molecule has 0 radical (unpaired) electrons. The van der Waals surface area contributed by atoms with Crippen LogP contribution in [0.3, 0.4) is 0 Å². The Balaban J connectivity index is 1.36. The number of amides is 1. The van der Waals surface area contributed by atoms with Crippen molar-refractivity contribution in [1.82, 2.24) is 24.9 Å². The molecule has 1 aliphatic rings. The Morgan fingerprint density at radius 1 is 1.17 bits per heavy atom. The SMILES string of the molecule is O=C(CCn1cnc2c(-c3ccc(F)cc3)noc2c1=O)NCCN1CCOCC1. The molecule has 1 amide bonds. The van der Waals surface area contributed by atoms with E-state index in [1.165, 1.54) is 23.0 Å². The highest BCUT2D eigenvalue weighted by Gasteiger charge is 2.17. The molecule has 1 fully saturated rings. The molecule has 0 bridgehead atoms. The van der Waals surface area contributed by atoms with Crippen molar-refractivity contribution in [2.75, 3.05) is 39.4 Å². The van der Waals surface area contributed by atoms with Gasteiger partial charge in [0.2, 0.25) is 5.91 Å². The molecule has 158 valence electrons. The summed E-state index contributed by atoms with van der Waals surface area (Å²) in [4.78, 5) is 31.2. The molecule has 9 nitrogen and oxygen atoms in total. The Kier molecular flexibility index (Phi) is 6.15. The fraction of sp³-hybridized carbons (Fsp3) is 0.400. The van der Waals surface area contributed by atoms with E-state index in [9.17, 15) is 14.0 Å². The summed E-state index contributed by atoms with van der Waals surface area (Å²) in [5.74, 6) is -0.509. The van der Waals surface area contributed by atoms with Crippen LogP contribution in [0.25, 0.3) is 22.4 Å². The lowest BCUT2D eigenvalue weighted by atomic mass is 10.1. The van der Waals surface area contributed by atoms with Gasteiger partial charge in [-0.2, -0.15) is 0 Å². The van der Waals surface area contributed by atoms with Crippen LogP contribution < -0.4 is 10.9 Å². The van der Waals surface area contributed by atoms with Gasteiger partial charge in [-0.1, -0.05) is 5.16 Å². The van der Waals surface area contributed by atoms with Crippen molar-refractivity contribution in [3.05, 3.63) is 46.8 Å². The zero-order chi connectivity index (χ0) is 20.9. The number of fused-ring (bicyclic) bond motifs is 1. The third kappa shape index (κ3) is 4.55. The molecule has 3 heterocycles. The van der Waals surface area contributed by atoms with Crippen molar-refractivity contribution in [3.8, 4) is 11.3 Å². The van der Waals surface area contributed by atoms with Crippen LogP contribution in [0.4, 0.5) is 4.39 Å². The van der Waals surface area contributed by atoms with Crippen LogP contribution in [-0.4, -0.2) is 64.9 Å². The minimum Gasteiger partial charge on any atom is -0.379 e. The number of aromatic nitrogens is 3. The van der Waals surface area contributed by atoms with Gasteiger partial charge in [0.05, 0.1) is 19.5 Å².